The molecule has 1 aliphatic rings. The number of H-pyrrole nitrogens is 1. The molecule has 1 saturated heterocycles. The van der Waals surface area contributed by atoms with Gasteiger partial charge in [-0.15, -0.1) is 0 Å². The second-order valence-corrected chi connectivity index (χ2v) is 6.49. The van der Waals surface area contributed by atoms with Crippen molar-refractivity contribution < 1.29 is 4.79 Å². The Morgan fingerprint density at radius 2 is 2.16 bits per heavy atom. The number of aromatic nitrogens is 3. The molecule has 2 aromatic rings. The average molecular weight is 344 g/mol. The van der Waals surface area contributed by atoms with Crippen molar-refractivity contribution in [2.75, 3.05) is 13.1 Å². The number of carbonyl (C=O) groups excluding carboxylic acids is 1. The molecule has 134 valence electrons. The Balaban J connectivity index is 1.47. The molecule has 8 nitrogen and oxygen atoms in total. The predicted molar refractivity (Wildman–Crippen MR) is 94.0 cm³/mol. The van der Waals surface area contributed by atoms with Gasteiger partial charge >= 0.3 is 11.7 Å². The summed E-state index contributed by atoms with van der Waals surface area (Å²) in [7, 11) is 1.62. The molecule has 0 radical (unpaired) electrons. The average Bonchev–Trinajstić information content (AvgIpc) is 3.15. The van der Waals surface area contributed by atoms with E-state index in [1.165, 1.54) is 10.1 Å². The normalized spacial score (nSPS) is 18.9. The van der Waals surface area contributed by atoms with Crippen molar-refractivity contribution in [1.82, 2.24) is 30.3 Å². The Morgan fingerprint density at radius 1 is 1.40 bits per heavy atom. The number of nitrogens with zero attached hydrogens (tertiary/aromatic N) is 3. The Morgan fingerprint density at radius 3 is 2.84 bits per heavy atom. The van der Waals surface area contributed by atoms with Crippen LogP contribution in [0.3, 0.4) is 0 Å². The summed E-state index contributed by atoms with van der Waals surface area (Å²) >= 11 is 0. The number of nitrogens with one attached hydrogen (secondary N) is 3. The minimum absolute atomic E-state index is 0.124. The van der Waals surface area contributed by atoms with Crippen LogP contribution >= 0.6 is 0 Å². The summed E-state index contributed by atoms with van der Waals surface area (Å²) < 4.78 is 1.39. The van der Waals surface area contributed by atoms with E-state index in [1.54, 1.807) is 14.0 Å². The number of urea groups is 1. The van der Waals surface area contributed by atoms with E-state index in [-0.39, 0.29) is 23.8 Å². The Labute approximate surface area is 146 Å². The number of hydrogen-bond acceptors (Lipinski definition) is 4. The lowest BCUT2D eigenvalue weighted by Crippen LogP contribution is -2.44. The number of likely N-dealkylation sites (tertiary alicyclic amines) is 1. The molecule has 1 aliphatic heterocycles. The summed E-state index contributed by atoms with van der Waals surface area (Å²) in [5, 5.41) is 12.1. The second-order valence-electron chi connectivity index (χ2n) is 6.49. The maximum atomic E-state index is 12.2. The van der Waals surface area contributed by atoms with E-state index in [9.17, 15) is 9.59 Å². The van der Waals surface area contributed by atoms with Crippen LogP contribution in [0.1, 0.15) is 30.8 Å². The van der Waals surface area contributed by atoms with Gasteiger partial charge in [0.1, 0.15) is 0 Å². The molecule has 3 N–H and O–H groups in total. The lowest BCUT2D eigenvalue weighted by Gasteiger charge is -2.18. The largest absolute Gasteiger partial charge is 0.343 e. The van der Waals surface area contributed by atoms with Gasteiger partial charge in [0.15, 0.2) is 5.82 Å². The van der Waals surface area contributed by atoms with Crippen LogP contribution in [0.5, 0.6) is 0 Å². The van der Waals surface area contributed by atoms with Gasteiger partial charge in [0.25, 0.3) is 0 Å². The number of rotatable bonds is 5. The van der Waals surface area contributed by atoms with Gasteiger partial charge in [-0.1, -0.05) is 30.3 Å². The van der Waals surface area contributed by atoms with Crippen molar-refractivity contribution in [2.24, 2.45) is 7.05 Å². The maximum Gasteiger partial charge on any atom is 0.343 e. The first-order valence-electron chi connectivity index (χ1n) is 8.47. The standard InChI is InChI=1S/C17H24N6O2/c1-12(15-20-21-17(25)22(15)2)18-16(24)19-14-8-9-23(11-14)10-13-6-4-3-5-7-13/h3-7,12,14H,8-11H2,1-2H3,(H,21,25)(H2,18,19,24)/t12-,14+/m0/s1. The van der Waals surface area contributed by atoms with Crippen molar-refractivity contribution in [2.45, 2.75) is 32.0 Å². The lowest BCUT2D eigenvalue weighted by atomic mass is 10.2. The highest BCUT2D eigenvalue weighted by molar-refractivity contribution is 5.74. The van der Waals surface area contributed by atoms with Gasteiger partial charge in [0.05, 0.1) is 6.04 Å². The summed E-state index contributed by atoms with van der Waals surface area (Å²) in [5.74, 6) is 0.497. The third-order valence-corrected chi connectivity index (χ3v) is 4.51. The second kappa shape index (κ2) is 7.52. The van der Waals surface area contributed by atoms with Crippen LogP contribution in [-0.4, -0.2) is 44.8 Å². The van der Waals surface area contributed by atoms with Crippen molar-refractivity contribution in [1.29, 1.82) is 0 Å². The van der Waals surface area contributed by atoms with Crippen LogP contribution in [0.25, 0.3) is 0 Å². The van der Waals surface area contributed by atoms with Gasteiger partial charge in [-0.25, -0.2) is 14.7 Å². The first kappa shape index (κ1) is 17.2. The maximum absolute atomic E-state index is 12.2. The molecule has 0 saturated carbocycles. The first-order chi connectivity index (χ1) is 12.0. The Bertz CT molecular complexity index is 769. The van der Waals surface area contributed by atoms with Crippen LogP contribution in [0.2, 0.25) is 0 Å². The molecule has 1 aromatic carbocycles. The summed E-state index contributed by atoms with van der Waals surface area (Å²) in [6, 6.07) is 9.85. The molecule has 25 heavy (non-hydrogen) atoms. The van der Waals surface area contributed by atoms with Gasteiger partial charge in [-0.3, -0.25) is 9.47 Å². The molecule has 1 aromatic heterocycles. The highest BCUT2D eigenvalue weighted by Gasteiger charge is 2.24. The van der Waals surface area contributed by atoms with Crippen LogP contribution in [0.4, 0.5) is 4.79 Å². The molecule has 2 amide bonds. The van der Waals surface area contributed by atoms with Crippen molar-refractivity contribution in [3.8, 4) is 0 Å². The van der Waals surface area contributed by atoms with Crippen molar-refractivity contribution in [3.63, 3.8) is 0 Å². The number of carbonyl (C=O) groups is 1. The van der Waals surface area contributed by atoms with Crippen LogP contribution in [0.15, 0.2) is 35.1 Å². The lowest BCUT2D eigenvalue weighted by molar-refractivity contribution is 0.232. The number of aromatic amines is 1. The van der Waals surface area contributed by atoms with Crippen molar-refractivity contribution in [3.05, 3.63) is 52.2 Å². The molecule has 0 bridgehead atoms. The minimum Gasteiger partial charge on any atom is -0.334 e. The zero-order chi connectivity index (χ0) is 17.8. The van der Waals surface area contributed by atoms with E-state index in [1.807, 2.05) is 18.2 Å². The highest BCUT2D eigenvalue weighted by atomic mass is 16.2. The van der Waals surface area contributed by atoms with Crippen LogP contribution in [-0.2, 0) is 13.6 Å². The third kappa shape index (κ3) is 4.27. The Kier molecular flexibility index (Phi) is 5.18. The molecule has 0 spiro atoms. The zero-order valence-corrected chi connectivity index (χ0v) is 14.5. The topological polar surface area (TPSA) is 95.1 Å². The molecule has 2 heterocycles. The first-order valence-corrected chi connectivity index (χ1v) is 8.47. The fourth-order valence-electron chi connectivity index (χ4n) is 3.17. The Hall–Kier alpha value is -2.61. The van der Waals surface area contributed by atoms with Crippen LogP contribution in [0, 0.1) is 0 Å². The zero-order valence-electron chi connectivity index (χ0n) is 14.5. The summed E-state index contributed by atoms with van der Waals surface area (Å²) in [4.78, 5) is 25.9. The van der Waals surface area contributed by atoms with E-state index in [2.05, 4.69) is 37.9 Å². The van der Waals surface area contributed by atoms with Gasteiger partial charge in [-0.05, 0) is 18.9 Å². The summed E-state index contributed by atoms with van der Waals surface area (Å²) in [6.45, 7) is 4.48. The fraction of sp³-hybridized carbons (Fsp3) is 0.471. The van der Waals surface area contributed by atoms with Crippen molar-refractivity contribution >= 4 is 6.03 Å². The van der Waals surface area contributed by atoms with E-state index in [0.29, 0.717) is 5.82 Å². The van der Waals surface area contributed by atoms with Gasteiger partial charge in [0, 0.05) is 32.7 Å². The molecule has 1 fully saturated rings. The van der Waals surface area contributed by atoms with Crippen LogP contribution < -0.4 is 16.3 Å². The molecule has 0 aliphatic carbocycles. The summed E-state index contributed by atoms with van der Waals surface area (Å²) in [6.07, 6.45) is 0.926. The molecule has 2 atom stereocenters. The smallest absolute Gasteiger partial charge is 0.334 e. The molecule has 3 rings (SSSR count). The molecule has 8 heteroatoms. The monoisotopic (exact) mass is 344 g/mol. The highest BCUT2D eigenvalue weighted by Crippen LogP contribution is 2.13. The SMILES string of the molecule is C[C@H](NC(=O)N[C@@H]1CCN(Cc2ccccc2)C1)c1n[nH]c(=O)n1C. The third-order valence-electron chi connectivity index (χ3n) is 4.51. The number of amides is 2. The van der Waals surface area contributed by atoms with E-state index < -0.39 is 0 Å². The van der Waals surface area contributed by atoms with E-state index >= 15 is 0 Å². The summed E-state index contributed by atoms with van der Waals surface area (Å²) in [5.41, 5.74) is 0.983. The quantitative estimate of drug-likeness (QED) is 0.746. The number of benzene rings is 1. The van der Waals surface area contributed by atoms with Gasteiger partial charge in [-0.2, -0.15) is 5.10 Å². The molecular weight excluding hydrogens is 320 g/mol. The number of hydrogen-bond donors (Lipinski definition) is 3. The van der Waals surface area contributed by atoms with E-state index in [4.69, 9.17) is 0 Å². The fourth-order valence-corrected chi connectivity index (χ4v) is 3.17. The van der Waals surface area contributed by atoms with Gasteiger partial charge in [0.2, 0.25) is 0 Å². The predicted octanol–water partition coefficient (Wildman–Crippen LogP) is 0.743. The molecule has 0 unspecified atom stereocenters. The van der Waals surface area contributed by atoms with Gasteiger partial charge < -0.3 is 10.6 Å². The van der Waals surface area contributed by atoms with E-state index in [0.717, 1.165) is 26.1 Å². The minimum atomic E-state index is -0.356. The molecular formula is C17H24N6O2.